The Hall–Kier alpha value is -1.63. The zero-order valence-electron chi connectivity index (χ0n) is 11.0. The Labute approximate surface area is 111 Å². The van der Waals surface area contributed by atoms with Gasteiger partial charge in [-0.3, -0.25) is 14.5 Å². The van der Waals surface area contributed by atoms with Crippen LogP contribution in [0.15, 0.2) is 0 Å². The van der Waals surface area contributed by atoms with Crippen molar-refractivity contribution in [3.05, 3.63) is 0 Å². The maximum absolute atomic E-state index is 12.3. The molecule has 0 atom stereocenters. The third-order valence-electron chi connectivity index (χ3n) is 3.95. The maximum atomic E-state index is 12.3. The Kier molecular flexibility index (Phi) is 3.75. The number of carbonyl (C=O) groups excluding carboxylic acids is 2. The summed E-state index contributed by atoms with van der Waals surface area (Å²) in [4.78, 5) is 37.9. The lowest BCUT2D eigenvalue weighted by Gasteiger charge is -2.36. The van der Waals surface area contributed by atoms with Gasteiger partial charge in [0, 0.05) is 19.6 Å². The summed E-state index contributed by atoms with van der Waals surface area (Å²) < 4.78 is 0. The zero-order valence-corrected chi connectivity index (χ0v) is 11.0. The second-order valence-electron chi connectivity index (χ2n) is 5.05. The smallest absolute Gasteiger partial charge is 0.325 e. The lowest BCUT2D eigenvalue weighted by Crippen LogP contribution is -2.54. The van der Waals surface area contributed by atoms with Gasteiger partial charge in [0.25, 0.3) is 5.91 Å². The van der Waals surface area contributed by atoms with Gasteiger partial charge in [0.1, 0.15) is 5.54 Å². The summed E-state index contributed by atoms with van der Waals surface area (Å²) in [5.74, 6) is -1.28. The van der Waals surface area contributed by atoms with Crippen molar-refractivity contribution in [2.45, 2.75) is 31.7 Å². The molecule has 0 bridgehead atoms. The molecule has 19 heavy (non-hydrogen) atoms. The number of carboxylic acid groups (broad SMARTS) is 1. The molecule has 0 aromatic rings. The van der Waals surface area contributed by atoms with E-state index in [1.807, 2.05) is 0 Å². The van der Waals surface area contributed by atoms with Gasteiger partial charge in [-0.15, -0.1) is 0 Å². The molecule has 2 aliphatic rings. The van der Waals surface area contributed by atoms with Crippen LogP contribution in [0.4, 0.5) is 4.79 Å². The summed E-state index contributed by atoms with van der Waals surface area (Å²) in [6, 6.07) is -0.462. The first kappa shape index (κ1) is 13.8. The van der Waals surface area contributed by atoms with Crippen LogP contribution in [0.1, 0.15) is 26.2 Å². The summed E-state index contributed by atoms with van der Waals surface area (Å²) in [6.07, 6.45) is 0.973. The molecule has 3 amide bonds. The van der Waals surface area contributed by atoms with Crippen molar-refractivity contribution >= 4 is 17.9 Å². The molecule has 0 aliphatic carbocycles. The van der Waals surface area contributed by atoms with Crippen LogP contribution in [0.3, 0.4) is 0 Å². The monoisotopic (exact) mass is 269 g/mol. The van der Waals surface area contributed by atoms with Crippen molar-refractivity contribution in [2.75, 3.05) is 26.2 Å². The quantitative estimate of drug-likeness (QED) is 0.694. The van der Waals surface area contributed by atoms with Gasteiger partial charge in [-0.2, -0.15) is 0 Å². The van der Waals surface area contributed by atoms with Crippen molar-refractivity contribution in [2.24, 2.45) is 0 Å². The number of carbonyl (C=O) groups is 3. The van der Waals surface area contributed by atoms with E-state index in [2.05, 4.69) is 17.1 Å². The number of nitrogens with zero attached hydrogens (tertiary/aromatic N) is 2. The average Bonchev–Trinajstić information content (AvgIpc) is 2.60. The van der Waals surface area contributed by atoms with Crippen molar-refractivity contribution in [1.29, 1.82) is 0 Å². The Balaban J connectivity index is 2.03. The molecule has 0 aromatic heterocycles. The number of hydrogen-bond acceptors (Lipinski definition) is 4. The van der Waals surface area contributed by atoms with Crippen LogP contribution in [-0.2, 0) is 9.59 Å². The molecular formula is C12H19N3O4. The Bertz CT molecular complexity index is 402. The minimum absolute atomic E-state index is 0.0563. The second-order valence-corrected chi connectivity index (χ2v) is 5.05. The predicted molar refractivity (Wildman–Crippen MR) is 66.6 cm³/mol. The number of likely N-dealkylation sites (tertiary alicyclic amines) is 1. The van der Waals surface area contributed by atoms with Gasteiger partial charge in [0.15, 0.2) is 0 Å². The Morgan fingerprint density at radius 1 is 1.37 bits per heavy atom. The number of piperidine rings is 1. The van der Waals surface area contributed by atoms with Crippen molar-refractivity contribution in [3.63, 3.8) is 0 Å². The van der Waals surface area contributed by atoms with Crippen molar-refractivity contribution in [3.8, 4) is 0 Å². The molecule has 1 spiro atoms. The van der Waals surface area contributed by atoms with Crippen molar-refractivity contribution in [1.82, 2.24) is 15.1 Å². The van der Waals surface area contributed by atoms with E-state index in [-0.39, 0.29) is 18.9 Å². The van der Waals surface area contributed by atoms with E-state index in [1.54, 1.807) is 0 Å². The highest BCUT2D eigenvalue weighted by Gasteiger charge is 2.51. The van der Waals surface area contributed by atoms with Gasteiger partial charge < -0.3 is 15.3 Å². The van der Waals surface area contributed by atoms with E-state index < -0.39 is 17.5 Å². The van der Waals surface area contributed by atoms with Gasteiger partial charge in [0.2, 0.25) is 0 Å². The van der Waals surface area contributed by atoms with E-state index >= 15 is 0 Å². The molecule has 7 heteroatoms. The molecule has 0 unspecified atom stereocenters. The molecule has 0 aromatic carbocycles. The van der Waals surface area contributed by atoms with E-state index in [0.717, 1.165) is 24.5 Å². The normalized spacial score (nSPS) is 22.9. The van der Waals surface area contributed by atoms with Crippen LogP contribution in [0.25, 0.3) is 0 Å². The number of hydrogen-bond donors (Lipinski definition) is 2. The maximum Gasteiger partial charge on any atom is 0.325 e. The summed E-state index contributed by atoms with van der Waals surface area (Å²) in [6.45, 7) is 4.48. The molecule has 2 fully saturated rings. The molecule has 0 saturated carbocycles. The van der Waals surface area contributed by atoms with Gasteiger partial charge in [0.05, 0.1) is 6.42 Å². The number of urea groups is 1. The van der Waals surface area contributed by atoms with Crippen LogP contribution < -0.4 is 5.32 Å². The minimum atomic E-state index is -1.01. The van der Waals surface area contributed by atoms with Crippen molar-refractivity contribution < 1.29 is 19.5 Å². The molecule has 2 N–H and O–H groups in total. The number of imide groups is 1. The highest BCUT2D eigenvalue weighted by Crippen LogP contribution is 2.29. The number of amides is 3. The minimum Gasteiger partial charge on any atom is -0.481 e. The summed E-state index contributed by atoms with van der Waals surface area (Å²) in [5, 5.41) is 11.4. The number of aliphatic carboxylic acids is 1. The van der Waals surface area contributed by atoms with Gasteiger partial charge in [-0.25, -0.2) is 4.79 Å². The first-order valence-corrected chi connectivity index (χ1v) is 6.57. The molecular weight excluding hydrogens is 250 g/mol. The fourth-order valence-electron chi connectivity index (χ4n) is 2.68. The molecule has 7 nitrogen and oxygen atoms in total. The molecule has 2 aliphatic heterocycles. The van der Waals surface area contributed by atoms with Gasteiger partial charge >= 0.3 is 12.0 Å². The van der Waals surface area contributed by atoms with Crippen LogP contribution in [0.5, 0.6) is 0 Å². The molecule has 0 radical (unpaired) electrons. The lowest BCUT2D eigenvalue weighted by molar-refractivity contribution is -0.138. The zero-order chi connectivity index (χ0) is 14.0. The average molecular weight is 269 g/mol. The SMILES string of the molecule is CCN1CCC2(CC1)NC(=O)N(CCC(=O)O)C2=O. The predicted octanol–water partition coefficient (Wildman–Crippen LogP) is -0.133. The second kappa shape index (κ2) is 5.16. The number of rotatable bonds is 4. The lowest BCUT2D eigenvalue weighted by atomic mass is 9.87. The van der Waals surface area contributed by atoms with Crippen LogP contribution in [-0.4, -0.2) is 64.5 Å². The van der Waals surface area contributed by atoms with Gasteiger partial charge in [-0.05, 0) is 19.4 Å². The fourth-order valence-corrected chi connectivity index (χ4v) is 2.68. The summed E-state index contributed by atoms with van der Waals surface area (Å²) >= 11 is 0. The van der Waals surface area contributed by atoms with E-state index in [4.69, 9.17) is 5.11 Å². The largest absolute Gasteiger partial charge is 0.481 e. The van der Waals surface area contributed by atoms with Crippen LogP contribution in [0, 0.1) is 0 Å². The fraction of sp³-hybridized carbons (Fsp3) is 0.750. The van der Waals surface area contributed by atoms with Gasteiger partial charge in [-0.1, -0.05) is 6.92 Å². The molecule has 106 valence electrons. The summed E-state index contributed by atoms with van der Waals surface area (Å²) in [7, 11) is 0. The number of nitrogens with one attached hydrogen (secondary N) is 1. The Morgan fingerprint density at radius 2 is 2.00 bits per heavy atom. The third-order valence-corrected chi connectivity index (χ3v) is 3.95. The highest BCUT2D eigenvalue weighted by molar-refractivity contribution is 6.07. The number of carboxylic acids is 1. The summed E-state index contributed by atoms with van der Waals surface area (Å²) in [5.41, 5.74) is -0.804. The van der Waals surface area contributed by atoms with Crippen LogP contribution in [0.2, 0.25) is 0 Å². The van der Waals surface area contributed by atoms with E-state index in [9.17, 15) is 14.4 Å². The third kappa shape index (κ3) is 2.56. The molecule has 2 heterocycles. The van der Waals surface area contributed by atoms with E-state index in [0.29, 0.717) is 12.8 Å². The van der Waals surface area contributed by atoms with E-state index in [1.165, 1.54) is 0 Å². The Morgan fingerprint density at radius 3 is 2.53 bits per heavy atom. The van der Waals surface area contributed by atoms with Crippen LogP contribution >= 0.6 is 0 Å². The molecule has 2 saturated heterocycles. The first-order chi connectivity index (χ1) is 8.98. The topological polar surface area (TPSA) is 90.0 Å². The first-order valence-electron chi connectivity index (χ1n) is 6.57. The highest BCUT2D eigenvalue weighted by atomic mass is 16.4. The molecule has 2 rings (SSSR count). The standard InChI is InChI=1S/C12H19N3O4/c1-2-14-7-4-12(5-8-14)10(18)15(11(19)13-12)6-3-9(16)17/h2-8H2,1H3,(H,13,19)(H,16,17).